The molecule has 0 radical (unpaired) electrons. The molecule has 1 saturated carbocycles. The fraction of sp³-hybridized carbons (Fsp3) is 0.750. The van der Waals surface area contributed by atoms with Crippen molar-refractivity contribution in [2.75, 3.05) is 32.4 Å². The lowest BCUT2D eigenvalue weighted by Gasteiger charge is -2.25. The first-order valence-electron chi connectivity index (χ1n) is 8.29. The molecule has 0 atom stereocenters. The molecule has 1 aromatic rings. The summed E-state index contributed by atoms with van der Waals surface area (Å²) in [6, 6.07) is 0. The Morgan fingerprint density at radius 3 is 3.05 bits per heavy atom. The maximum Gasteiger partial charge on any atom is 0.193 e. The highest BCUT2D eigenvalue weighted by atomic mass is 32.2. The molecule has 2 aliphatic rings. The summed E-state index contributed by atoms with van der Waals surface area (Å²) in [4.78, 5) is 11.3. The Kier molecular flexibility index (Phi) is 5.63. The Hall–Kier alpha value is -0.750. The molecule has 122 valence electrons. The van der Waals surface area contributed by atoms with Crippen LogP contribution in [0, 0.1) is 5.41 Å². The second-order valence-corrected chi connectivity index (χ2v) is 8.59. The summed E-state index contributed by atoms with van der Waals surface area (Å²) in [6.07, 6.45) is 10.1. The molecule has 22 heavy (non-hydrogen) atoms. The van der Waals surface area contributed by atoms with E-state index in [-0.39, 0.29) is 0 Å². The number of aliphatic imine (C=N–C) groups is 1. The van der Waals surface area contributed by atoms with Crippen LogP contribution in [-0.2, 0) is 0 Å². The van der Waals surface area contributed by atoms with Crippen molar-refractivity contribution >= 4 is 29.1 Å². The molecule has 0 unspecified atom stereocenters. The van der Waals surface area contributed by atoms with E-state index in [1.165, 1.54) is 49.5 Å². The Bertz CT molecular complexity index is 480. The van der Waals surface area contributed by atoms with Gasteiger partial charge >= 0.3 is 0 Å². The quantitative estimate of drug-likeness (QED) is 0.386. The number of likely N-dealkylation sites (tertiary alicyclic amines) is 1. The monoisotopic (exact) mass is 338 g/mol. The van der Waals surface area contributed by atoms with Gasteiger partial charge in [0, 0.05) is 44.0 Å². The summed E-state index contributed by atoms with van der Waals surface area (Å²) in [7, 11) is 1.91. The first-order valence-corrected chi connectivity index (χ1v) is 10.2. The number of thioether (sulfide) groups is 1. The van der Waals surface area contributed by atoms with Gasteiger partial charge in [0.1, 0.15) is 4.34 Å². The Balaban J connectivity index is 1.37. The van der Waals surface area contributed by atoms with E-state index in [1.54, 1.807) is 11.3 Å². The summed E-state index contributed by atoms with van der Waals surface area (Å²) in [5.41, 5.74) is 0.609. The van der Waals surface area contributed by atoms with Crippen LogP contribution < -0.4 is 5.32 Å². The Morgan fingerprint density at radius 2 is 2.32 bits per heavy atom. The summed E-state index contributed by atoms with van der Waals surface area (Å²) >= 11 is 3.57. The summed E-state index contributed by atoms with van der Waals surface area (Å²) in [5.74, 6) is 2.21. The molecule has 1 spiro atoms. The third-order valence-corrected chi connectivity index (χ3v) is 6.91. The second kappa shape index (κ2) is 7.68. The van der Waals surface area contributed by atoms with Gasteiger partial charge < -0.3 is 10.2 Å². The van der Waals surface area contributed by atoms with E-state index in [2.05, 4.69) is 20.2 Å². The molecule has 2 heterocycles. The minimum absolute atomic E-state index is 0.609. The fourth-order valence-electron chi connectivity index (χ4n) is 3.69. The predicted molar refractivity (Wildman–Crippen MR) is 95.9 cm³/mol. The van der Waals surface area contributed by atoms with Crippen LogP contribution >= 0.6 is 23.1 Å². The van der Waals surface area contributed by atoms with Crippen molar-refractivity contribution in [1.29, 1.82) is 0 Å². The van der Waals surface area contributed by atoms with Crippen LogP contribution in [0.4, 0.5) is 0 Å². The number of hydrogen-bond acceptors (Lipinski definition) is 4. The third kappa shape index (κ3) is 3.96. The van der Waals surface area contributed by atoms with Gasteiger partial charge in [0.2, 0.25) is 0 Å². The molecule has 4 nitrogen and oxygen atoms in total. The molecule has 1 saturated heterocycles. The van der Waals surface area contributed by atoms with Crippen LogP contribution in [0.1, 0.15) is 38.5 Å². The number of nitrogens with zero attached hydrogens (tertiary/aromatic N) is 3. The van der Waals surface area contributed by atoms with E-state index in [1.807, 2.05) is 30.4 Å². The van der Waals surface area contributed by atoms with Crippen molar-refractivity contribution < 1.29 is 0 Å². The average Bonchev–Trinajstić information content (AvgIpc) is 3.27. The number of hydrogen-bond donors (Lipinski definition) is 1. The highest BCUT2D eigenvalue weighted by molar-refractivity contribution is 8.00. The zero-order valence-corrected chi connectivity index (χ0v) is 15.0. The average molecular weight is 339 g/mol. The van der Waals surface area contributed by atoms with Crippen molar-refractivity contribution in [2.45, 2.75) is 42.9 Å². The standard InChI is InChI=1S/C16H26N4S2/c1-17-14(18-8-4-11-21-15-19-9-12-22-15)20-10-7-16(13-20)5-2-3-6-16/h9,12H,2-8,10-11,13H2,1H3,(H,17,18). The smallest absolute Gasteiger partial charge is 0.193 e. The van der Waals surface area contributed by atoms with Crippen LogP contribution in [0.2, 0.25) is 0 Å². The van der Waals surface area contributed by atoms with Crippen LogP contribution in [0.3, 0.4) is 0 Å². The molecule has 0 bridgehead atoms. The number of guanidine groups is 1. The first-order chi connectivity index (χ1) is 10.8. The van der Waals surface area contributed by atoms with Crippen LogP contribution in [0.5, 0.6) is 0 Å². The van der Waals surface area contributed by atoms with Gasteiger partial charge in [0.05, 0.1) is 0 Å². The predicted octanol–water partition coefficient (Wildman–Crippen LogP) is 3.47. The molecule has 6 heteroatoms. The number of nitrogens with one attached hydrogen (secondary N) is 1. The van der Waals surface area contributed by atoms with E-state index < -0.39 is 0 Å². The van der Waals surface area contributed by atoms with Gasteiger partial charge in [-0.2, -0.15) is 0 Å². The lowest BCUT2D eigenvalue weighted by Crippen LogP contribution is -2.41. The molecule has 1 N–H and O–H groups in total. The molecule has 2 fully saturated rings. The summed E-state index contributed by atoms with van der Waals surface area (Å²) < 4.78 is 1.17. The number of rotatable bonds is 5. The Morgan fingerprint density at radius 1 is 1.45 bits per heavy atom. The molecule has 1 aliphatic carbocycles. The normalized spacial score (nSPS) is 21.0. The number of aromatic nitrogens is 1. The molecule has 1 aliphatic heterocycles. The van der Waals surface area contributed by atoms with Gasteiger partial charge in [0.15, 0.2) is 5.96 Å². The maximum atomic E-state index is 4.49. The lowest BCUT2D eigenvalue weighted by molar-refractivity contribution is 0.309. The van der Waals surface area contributed by atoms with Gasteiger partial charge in [-0.1, -0.05) is 24.6 Å². The van der Waals surface area contributed by atoms with Crippen LogP contribution in [0.15, 0.2) is 20.9 Å². The third-order valence-electron chi connectivity index (χ3n) is 4.85. The van der Waals surface area contributed by atoms with Crippen molar-refractivity contribution in [3.05, 3.63) is 11.6 Å². The molecule has 0 aromatic carbocycles. The van der Waals surface area contributed by atoms with Gasteiger partial charge in [-0.15, -0.1) is 11.3 Å². The minimum atomic E-state index is 0.609. The number of thiazole rings is 1. The summed E-state index contributed by atoms with van der Waals surface area (Å²) in [5, 5.41) is 5.58. The molecular weight excluding hydrogens is 312 g/mol. The van der Waals surface area contributed by atoms with E-state index in [4.69, 9.17) is 0 Å². The van der Waals surface area contributed by atoms with E-state index >= 15 is 0 Å². The van der Waals surface area contributed by atoms with Gasteiger partial charge in [-0.3, -0.25) is 4.99 Å². The molecule has 1 aromatic heterocycles. The van der Waals surface area contributed by atoms with Gasteiger partial charge in [-0.05, 0) is 31.1 Å². The van der Waals surface area contributed by atoms with Crippen molar-refractivity contribution in [1.82, 2.24) is 15.2 Å². The molecule has 0 amide bonds. The Labute approximate surface area is 141 Å². The highest BCUT2D eigenvalue weighted by Crippen LogP contribution is 2.45. The minimum Gasteiger partial charge on any atom is -0.356 e. The second-order valence-electron chi connectivity index (χ2n) is 6.35. The largest absolute Gasteiger partial charge is 0.356 e. The van der Waals surface area contributed by atoms with Gasteiger partial charge in [-0.25, -0.2) is 4.98 Å². The van der Waals surface area contributed by atoms with Crippen molar-refractivity contribution in [3.8, 4) is 0 Å². The van der Waals surface area contributed by atoms with E-state index in [0.717, 1.165) is 24.7 Å². The zero-order chi connectivity index (χ0) is 15.3. The van der Waals surface area contributed by atoms with E-state index in [0.29, 0.717) is 5.41 Å². The summed E-state index contributed by atoms with van der Waals surface area (Å²) in [6.45, 7) is 3.38. The lowest BCUT2D eigenvalue weighted by atomic mass is 9.86. The van der Waals surface area contributed by atoms with E-state index in [9.17, 15) is 0 Å². The molecular formula is C16H26N4S2. The van der Waals surface area contributed by atoms with Crippen molar-refractivity contribution in [2.24, 2.45) is 10.4 Å². The topological polar surface area (TPSA) is 40.5 Å². The SMILES string of the molecule is CN=C(NCCCSc1nccs1)N1CCC2(CCCC2)C1. The molecule has 3 rings (SSSR count). The highest BCUT2D eigenvalue weighted by Gasteiger charge is 2.40. The van der Waals surface area contributed by atoms with Crippen molar-refractivity contribution in [3.63, 3.8) is 0 Å². The first kappa shape index (κ1) is 16.1. The zero-order valence-electron chi connectivity index (χ0n) is 13.4. The van der Waals surface area contributed by atoms with Crippen LogP contribution in [0.25, 0.3) is 0 Å². The van der Waals surface area contributed by atoms with Crippen LogP contribution in [-0.4, -0.2) is 48.3 Å². The van der Waals surface area contributed by atoms with Gasteiger partial charge in [0.25, 0.3) is 0 Å². The fourth-order valence-corrected chi connectivity index (χ4v) is 5.34. The maximum absolute atomic E-state index is 4.49.